The molecule has 11 aromatic rings. The van der Waals surface area contributed by atoms with Gasteiger partial charge in [-0.05, 0) is 93.9 Å². The molecule has 0 saturated carbocycles. The number of rotatable bonds is 3. The highest BCUT2D eigenvalue weighted by Gasteiger charge is 2.24. The molecule has 4 heteroatoms. The third kappa shape index (κ3) is 3.70. The largest absolute Gasteiger partial charge is 0.309 e. The van der Waals surface area contributed by atoms with Crippen LogP contribution in [0.5, 0.6) is 0 Å². The molecule has 0 unspecified atom stereocenters. The van der Waals surface area contributed by atoms with Crippen LogP contribution in [0.3, 0.4) is 0 Å². The fourth-order valence-electron chi connectivity index (χ4n) is 8.87. The Bertz CT molecular complexity index is 3290. The van der Waals surface area contributed by atoms with Gasteiger partial charge in [0.15, 0.2) is 0 Å². The van der Waals surface area contributed by atoms with Gasteiger partial charge >= 0.3 is 0 Å². The Hall–Kier alpha value is -7.04. The molecule has 0 aliphatic heterocycles. The van der Waals surface area contributed by atoms with Gasteiger partial charge < -0.3 is 4.57 Å². The first-order chi connectivity index (χ1) is 25.8. The van der Waals surface area contributed by atoms with Gasteiger partial charge in [0.2, 0.25) is 0 Å². The van der Waals surface area contributed by atoms with Crippen molar-refractivity contribution in [1.82, 2.24) is 19.1 Å². The maximum absolute atomic E-state index is 5.18. The molecule has 4 aromatic heterocycles. The monoisotopic (exact) mass is 660 g/mol. The third-order valence-corrected chi connectivity index (χ3v) is 11.1. The Morgan fingerprint density at radius 2 is 1.12 bits per heavy atom. The molecule has 0 spiro atoms. The molecule has 0 N–H and O–H groups in total. The predicted octanol–water partition coefficient (Wildman–Crippen LogP) is 12.3. The minimum absolute atomic E-state index is 0.913. The highest BCUT2D eigenvalue weighted by Crippen LogP contribution is 2.47. The summed E-state index contributed by atoms with van der Waals surface area (Å²) in [5.74, 6) is 0.913. The van der Waals surface area contributed by atoms with Crippen molar-refractivity contribution in [2.75, 3.05) is 0 Å². The van der Waals surface area contributed by atoms with E-state index in [0.717, 1.165) is 22.4 Å². The summed E-state index contributed by atoms with van der Waals surface area (Å²) >= 11 is 0. The van der Waals surface area contributed by atoms with Crippen molar-refractivity contribution in [2.45, 2.75) is 0 Å². The molecule has 1 aliphatic carbocycles. The van der Waals surface area contributed by atoms with Gasteiger partial charge in [-0.2, -0.15) is 0 Å². The first kappa shape index (κ1) is 27.7. The summed E-state index contributed by atoms with van der Waals surface area (Å²) in [7, 11) is 0. The van der Waals surface area contributed by atoms with Crippen LogP contribution in [0.4, 0.5) is 0 Å². The fourth-order valence-corrected chi connectivity index (χ4v) is 8.87. The zero-order chi connectivity index (χ0) is 33.9. The second-order valence-corrected chi connectivity index (χ2v) is 13.8. The maximum Gasteiger partial charge on any atom is 0.138 e. The van der Waals surface area contributed by atoms with E-state index in [1.165, 1.54) is 87.8 Å². The average molecular weight is 661 g/mol. The average Bonchev–Trinajstić information content (AvgIpc) is 3.84. The van der Waals surface area contributed by atoms with Gasteiger partial charge in [0.1, 0.15) is 5.82 Å². The highest BCUT2D eigenvalue weighted by atomic mass is 15.1. The van der Waals surface area contributed by atoms with Crippen molar-refractivity contribution in [1.29, 1.82) is 0 Å². The molecule has 4 nitrogen and oxygen atoms in total. The number of pyridine rings is 2. The summed E-state index contributed by atoms with van der Waals surface area (Å²) in [6, 6.07) is 57.2. The third-order valence-electron chi connectivity index (χ3n) is 11.1. The van der Waals surface area contributed by atoms with E-state index in [-0.39, 0.29) is 0 Å². The molecule has 4 heterocycles. The topological polar surface area (TPSA) is 35.6 Å². The zero-order valence-corrected chi connectivity index (χ0v) is 28.0. The van der Waals surface area contributed by atoms with Gasteiger partial charge in [0, 0.05) is 56.0 Å². The van der Waals surface area contributed by atoms with Crippen LogP contribution in [-0.4, -0.2) is 19.1 Å². The molecule has 7 aromatic carbocycles. The van der Waals surface area contributed by atoms with Gasteiger partial charge in [0.05, 0.1) is 27.6 Å². The van der Waals surface area contributed by atoms with Crippen molar-refractivity contribution < 1.29 is 0 Å². The lowest BCUT2D eigenvalue weighted by Crippen LogP contribution is -1.98. The van der Waals surface area contributed by atoms with Crippen LogP contribution < -0.4 is 0 Å². The summed E-state index contributed by atoms with van der Waals surface area (Å²) in [6.07, 6.45) is 3.96. The minimum atomic E-state index is 0.913. The zero-order valence-electron chi connectivity index (χ0n) is 28.0. The summed E-state index contributed by atoms with van der Waals surface area (Å²) in [5.41, 5.74) is 14.1. The molecule has 52 heavy (non-hydrogen) atoms. The van der Waals surface area contributed by atoms with Crippen LogP contribution in [0.1, 0.15) is 0 Å². The summed E-state index contributed by atoms with van der Waals surface area (Å²) < 4.78 is 4.74. The molecule has 12 rings (SSSR count). The van der Waals surface area contributed by atoms with Crippen LogP contribution in [-0.2, 0) is 0 Å². The number of benzene rings is 7. The Morgan fingerprint density at radius 1 is 0.404 bits per heavy atom. The number of para-hydroxylation sites is 2. The van der Waals surface area contributed by atoms with E-state index < -0.39 is 0 Å². The first-order valence-electron chi connectivity index (χ1n) is 17.7. The Morgan fingerprint density at radius 3 is 1.98 bits per heavy atom. The Balaban J connectivity index is 1.09. The van der Waals surface area contributed by atoms with E-state index >= 15 is 0 Å². The molecule has 1 aliphatic rings. The number of hydrogen-bond acceptors (Lipinski definition) is 2. The molecule has 0 amide bonds. The maximum atomic E-state index is 5.18. The standard InChI is InChI=1S/C48H28N4/c1-2-10-32(11-3-1)51-43-16-7-6-13-34(43)39-25-30(18-21-44(39)51)31-19-22-45-40(26-31)37-20-17-29-9-4-5-12-33(29)48(37)52(45)46-27-38-35-14-8-15-42-47(35)36(23-24-49-42)41(38)28-50-46/h1-28H. The summed E-state index contributed by atoms with van der Waals surface area (Å²) in [5, 5.41) is 8.56. The second-order valence-electron chi connectivity index (χ2n) is 13.8. The number of aromatic nitrogens is 4. The molecule has 240 valence electrons. The van der Waals surface area contributed by atoms with E-state index in [0.29, 0.717) is 0 Å². The van der Waals surface area contributed by atoms with E-state index in [1.807, 2.05) is 6.20 Å². The van der Waals surface area contributed by atoms with Crippen LogP contribution in [0, 0.1) is 0 Å². The van der Waals surface area contributed by atoms with Crippen molar-refractivity contribution in [2.24, 2.45) is 0 Å². The van der Waals surface area contributed by atoms with E-state index in [9.17, 15) is 0 Å². The molecule has 0 saturated heterocycles. The van der Waals surface area contributed by atoms with Crippen LogP contribution in [0.15, 0.2) is 170 Å². The van der Waals surface area contributed by atoms with E-state index in [1.54, 1.807) is 0 Å². The number of hydrogen-bond donors (Lipinski definition) is 0. The van der Waals surface area contributed by atoms with Gasteiger partial charge in [0.25, 0.3) is 0 Å². The molecule has 0 bridgehead atoms. The normalized spacial score (nSPS) is 12.2. The van der Waals surface area contributed by atoms with Crippen molar-refractivity contribution in [3.05, 3.63) is 170 Å². The Kier molecular flexibility index (Phi) is 5.47. The van der Waals surface area contributed by atoms with Gasteiger partial charge in [-0.25, -0.2) is 4.98 Å². The summed E-state index contributed by atoms with van der Waals surface area (Å²) in [6.45, 7) is 0. The lowest BCUT2D eigenvalue weighted by atomic mass is 10.00. The molecule has 0 radical (unpaired) electrons. The van der Waals surface area contributed by atoms with Gasteiger partial charge in [-0.15, -0.1) is 0 Å². The fraction of sp³-hybridized carbons (Fsp3) is 0. The lowest BCUT2D eigenvalue weighted by Gasteiger charge is -2.11. The molecule has 0 atom stereocenters. The minimum Gasteiger partial charge on any atom is -0.309 e. The quantitative estimate of drug-likeness (QED) is 0.189. The van der Waals surface area contributed by atoms with Gasteiger partial charge in [-0.3, -0.25) is 9.55 Å². The van der Waals surface area contributed by atoms with E-state index in [2.05, 4.69) is 178 Å². The predicted molar refractivity (Wildman–Crippen MR) is 216 cm³/mol. The van der Waals surface area contributed by atoms with E-state index in [4.69, 9.17) is 4.98 Å². The smallest absolute Gasteiger partial charge is 0.138 e. The molecular formula is C48H28N4. The second kappa shape index (κ2) is 10.3. The number of fused-ring (bicyclic) bond motifs is 11. The van der Waals surface area contributed by atoms with Crippen molar-refractivity contribution in [3.8, 4) is 44.9 Å². The lowest BCUT2D eigenvalue weighted by molar-refractivity contribution is 1.09. The van der Waals surface area contributed by atoms with Gasteiger partial charge in [-0.1, -0.05) is 97.1 Å². The van der Waals surface area contributed by atoms with Crippen molar-refractivity contribution >= 4 is 65.3 Å². The molecular weight excluding hydrogens is 633 g/mol. The first-order valence-corrected chi connectivity index (χ1v) is 17.7. The van der Waals surface area contributed by atoms with Crippen molar-refractivity contribution in [3.63, 3.8) is 0 Å². The Labute approximate surface area is 298 Å². The molecule has 0 fully saturated rings. The van der Waals surface area contributed by atoms with Crippen LogP contribution in [0.2, 0.25) is 0 Å². The van der Waals surface area contributed by atoms with Crippen LogP contribution in [0.25, 0.3) is 110 Å². The number of nitrogens with zero attached hydrogens (tertiary/aromatic N) is 4. The van der Waals surface area contributed by atoms with Crippen LogP contribution >= 0.6 is 0 Å². The SMILES string of the molecule is c1ccc(-n2c3ccccc3c3cc(-c4ccc5c(c4)c4ccc6ccccc6c4n5-c4cc5c(cn4)-c4ccnc6cccc-5c46)ccc32)cc1. The highest BCUT2D eigenvalue weighted by molar-refractivity contribution is 6.20. The summed E-state index contributed by atoms with van der Waals surface area (Å²) in [4.78, 5) is 9.85.